The first kappa shape index (κ1) is 12.7. The monoisotopic (exact) mass is 162 g/mol. The summed E-state index contributed by atoms with van der Waals surface area (Å²) < 4.78 is 4.52. The Kier molecular flexibility index (Phi) is 12.7. The summed E-state index contributed by atoms with van der Waals surface area (Å²) in [5, 5.41) is 0. The second-order valence-electron chi connectivity index (χ2n) is 2.04. The zero-order valence-corrected chi connectivity index (χ0v) is 6.24. The molecule has 0 saturated heterocycles. The Hall–Kier alpha value is 1.02. The molecule has 54 valence electrons. The van der Waals surface area contributed by atoms with E-state index in [4.69, 9.17) is 11.9 Å². The van der Waals surface area contributed by atoms with Crippen molar-refractivity contribution in [2.24, 2.45) is 0 Å². The van der Waals surface area contributed by atoms with E-state index in [2.05, 4.69) is 11.2 Å². The Morgan fingerprint density at radius 2 is 2.11 bits per heavy atom. The SMILES string of the molecule is CCCCC(C)OCl.[MgH2]. The molecule has 0 saturated carbocycles. The highest BCUT2D eigenvalue weighted by atomic mass is 35.5. The van der Waals surface area contributed by atoms with Gasteiger partial charge < -0.3 is 0 Å². The van der Waals surface area contributed by atoms with E-state index < -0.39 is 0 Å². The van der Waals surface area contributed by atoms with Gasteiger partial charge in [-0.3, -0.25) is 4.29 Å². The highest BCUT2D eigenvalue weighted by molar-refractivity contribution is 6.07. The third kappa shape index (κ3) is 9.02. The van der Waals surface area contributed by atoms with Gasteiger partial charge in [-0.25, -0.2) is 0 Å². The zero-order chi connectivity index (χ0) is 6.41. The molecule has 1 nitrogen and oxygen atoms in total. The van der Waals surface area contributed by atoms with Gasteiger partial charge in [0.15, 0.2) is 0 Å². The second-order valence-corrected chi connectivity index (χ2v) is 2.22. The van der Waals surface area contributed by atoms with Gasteiger partial charge in [-0.1, -0.05) is 19.8 Å². The van der Waals surface area contributed by atoms with Gasteiger partial charge in [0, 0.05) is 0 Å². The van der Waals surface area contributed by atoms with E-state index in [-0.39, 0.29) is 29.2 Å². The summed E-state index contributed by atoms with van der Waals surface area (Å²) in [4.78, 5) is 0. The molecule has 3 heteroatoms. The first-order valence-corrected chi connectivity index (χ1v) is 3.39. The molecule has 0 N–H and O–H groups in total. The van der Waals surface area contributed by atoms with Gasteiger partial charge in [0.05, 0.1) is 18.0 Å². The first-order chi connectivity index (χ1) is 3.81. The molecule has 0 bridgehead atoms. The van der Waals surface area contributed by atoms with Crippen LogP contribution in [0.25, 0.3) is 0 Å². The fourth-order valence-electron chi connectivity index (χ4n) is 0.536. The van der Waals surface area contributed by atoms with Crippen molar-refractivity contribution < 1.29 is 4.29 Å². The van der Waals surface area contributed by atoms with Crippen LogP contribution >= 0.6 is 11.9 Å². The zero-order valence-electron chi connectivity index (χ0n) is 5.48. The van der Waals surface area contributed by atoms with E-state index in [0.717, 1.165) is 6.42 Å². The van der Waals surface area contributed by atoms with Gasteiger partial charge in [-0.2, -0.15) is 0 Å². The standard InChI is InChI=1S/C6H13ClO.Mg.2H/c1-3-4-5-6(2)8-7;;;/h6H,3-5H2,1-2H3;;;. The minimum absolute atomic E-state index is 0. The van der Waals surface area contributed by atoms with Crippen LogP contribution in [-0.4, -0.2) is 29.2 Å². The molecule has 0 rings (SSSR count). The summed E-state index contributed by atoms with van der Waals surface area (Å²) >= 11 is 5.09. The van der Waals surface area contributed by atoms with Crippen molar-refractivity contribution in [1.82, 2.24) is 0 Å². The highest BCUT2D eigenvalue weighted by Gasteiger charge is 1.97. The average molecular weight is 163 g/mol. The molecule has 0 amide bonds. The molecule has 9 heavy (non-hydrogen) atoms. The van der Waals surface area contributed by atoms with Crippen LogP contribution in [-0.2, 0) is 4.29 Å². The minimum Gasteiger partial charge on any atom is -0.276 e. The average Bonchev–Trinajstić information content (AvgIpc) is 1.83. The van der Waals surface area contributed by atoms with Gasteiger partial charge in [0.2, 0.25) is 0 Å². The molecule has 0 fully saturated rings. The molecule has 0 spiro atoms. The van der Waals surface area contributed by atoms with Crippen LogP contribution < -0.4 is 0 Å². The summed E-state index contributed by atoms with van der Waals surface area (Å²) in [6.45, 7) is 4.13. The van der Waals surface area contributed by atoms with Gasteiger partial charge in [-0.15, -0.1) is 0 Å². The number of hydrogen-bond donors (Lipinski definition) is 0. The van der Waals surface area contributed by atoms with Crippen LogP contribution in [0.2, 0.25) is 0 Å². The number of rotatable bonds is 4. The topological polar surface area (TPSA) is 9.23 Å². The molecule has 0 aromatic carbocycles. The molecule has 0 aliphatic rings. The van der Waals surface area contributed by atoms with Crippen LogP contribution in [0, 0.1) is 0 Å². The predicted octanol–water partition coefficient (Wildman–Crippen LogP) is 1.82. The van der Waals surface area contributed by atoms with E-state index in [1.54, 1.807) is 0 Å². The molecule has 0 aromatic heterocycles. The Morgan fingerprint density at radius 1 is 1.56 bits per heavy atom. The second kappa shape index (κ2) is 9.02. The summed E-state index contributed by atoms with van der Waals surface area (Å²) in [5.41, 5.74) is 0. The summed E-state index contributed by atoms with van der Waals surface area (Å²) in [6.07, 6.45) is 3.70. The van der Waals surface area contributed by atoms with Crippen LogP contribution in [0.4, 0.5) is 0 Å². The van der Waals surface area contributed by atoms with Crippen molar-refractivity contribution in [3.63, 3.8) is 0 Å². The quantitative estimate of drug-likeness (QED) is 0.574. The van der Waals surface area contributed by atoms with Crippen LogP contribution in [0.1, 0.15) is 33.1 Å². The minimum atomic E-state index is 0. The van der Waals surface area contributed by atoms with E-state index >= 15 is 0 Å². The van der Waals surface area contributed by atoms with Crippen LogP contribution in [0.5, 0.6) is 0 Å². The number of unbranched alkanes of at least 4 members (excludes halogenated alkanes) is 1. The van der Waals surface area contributed by atoms with Gasteiger partial charge in [0.1, 0.15) is 0 Å². The van der Waals surface area contributed by atoms with E-state index in [1.165, 1.54) is 12.8 Å². The fraction of sp³-hybridized carbons (Fsp3) is 1.00. The Bertz CT molecular complexity index is 52.3. The lowest BCUT2D eigenvalue weighted by Gasteiger charge is -2.03. The molecule has 0 radical (unpaired) electrons. The molecule has 1 unspecified atom stereocenters. The van der Waals surface area contributed by atoms with Crippen molar-refractivity contribution in [2.75, 3.05) is 0 Å². The Balaban J connectivity index is 0. The van der Waals surface area contributed by atoms with Gasteiger partial charge in [0.25, 0.3) is 0 Å². The normalized spacial score (nSPS) is 12.3. The Morgan fingerprint density at radius 3 is 2.44 bits per heavy atom. The third-order valence-electron chi connectivity index (χ3n) is 1.12. The lowest BCUT2D eigenvalue weighted by atomic mass is 10.2. The maximum atomic E-state index is 5.09. The van der Waals surface area contributed by atoms with E-state index in [1.807, 2.05) is 6.92 Å². The molecule has 0 heterocycles. The van der Waals surface area contributed by atoms with Gasteiger partial charge >= 0.3 is 23.1 Å². The van der Waals surface area contributed by atoms with Crippen LogP contribution in [0.3, 0.4) is 0 Å². The maximum Gasteiger partial charge on any atom is 0.316 e. The van der Waals surface area contributed by atoms with E-state index in [9.17, 15) is 0 Å². The first-order valence-electron chi connectivity index (χ1n) is 3.08. The molecule has 0 aliphatic heterocycles. The molecule has 0 aliphatic carbocycles. The van der Waals surface area contributed by atoms with Gasteiger partial charge in [-0.05, 0) is 13.3 Å². The largest absolute Gasteiger partial charge is 0.316 e. The highest BCUT2D eigenvalue weighted by Crippen LogP contribution is 2.04. The van der Waals surface area contributed by atoms with E-state index in [0.29, 0.717) is 0 Å². The summed E-state index contributed by atoms with van der Waals surface area (Å²) in [5.74, 6) is 0. The Labute approximate surface area is 78.4 Å². The van der Waals surface area contributed by atoms with Crippen molar-refractivity contribution in [3.05, 3.63) is 0 Å². The van der Waals surface area contributed by atoms with Crippen molar-refractivity contribution in [2.45, 2.75) is 39.2 Å². The summed E-state index contributed by atoms with van der Waals surface area (Å²) in [7, 11) is 0. The fourth-order valence-corrected chi connectivity index (χ4v) is 0.625. The third-order valence-corrected chi connectivity index (χ3v) is 1.42. The number of hydrogen-bond acceptors (Lipinski definition) is 1. The maximum absolute atomic E-state index is 5.09. The van der Waals surface area contributed by atoms with Crippen LogP contribution in [0.15, 0.2) is 0 Å². The smallest absolute Gasteiger partial charge is 0.276 e. The predicted molar refractivity (Wildman–Crippen MR) is 44.5 cm³/mol. The lowest BCUT2D eigenvalue weighted by Crippen LogP contribution is -1.99. The van der Waals surface area contributed by atoms with Crippen molar-refractivity contribution >= 4 is 34.9 Å². The number of halogens is 1. The summed E-state index contributed by atoms with van der Waals surface area (Å²) in [6, 6.07) is 0. The lowest BCUT2D eigenvalue weighted by molar-refractivity contribution is 0.229. The molecular formula is C6H15ClMgO. The molecule has 1 atom stereocenters. The molecular weight excluding hydrogens is 148 g/mol. The molecule has 0 aromatic rings. The van der Waals surface area contributed by atoms with Crippen molar-refractivity contribution in [3.8, 4) is 0 Å². The van der Waals surface area contributed by atoms with Crippen molar-refractivity contribution in [1.29, 1.82) is 0 Å².